The molecule has 0 bridgehead atoms. The molecule has 0 spiro atoms. The van der Waals surface area contributed by atoms with Crippen molar-refractivity contribution in [3.8, 4) is 11.1 Å². The maximum absolute atomic E-state index is 6.69. The number of thiol groups is 7. The molecule has 0 radical (unpaired) electrons. The molecule has 2 aliphatic carbocycles. The van der Waals surface area contributed by atoms with Gasteiger partial charge in [-0.1, -0.05) is 34.8 Å². The lowest BCUT2D eigenvalue weighted by molar-refractivity contribution is 1.07. The van der Waals surface area contributed by atoms with Crippen molar-refractivity contribution in [2.45, 2.75) is 130 Å². The van der Waals surface area contributed by atoms with E-state index in [-0.39, 0.29) is 0 Å². The minimum absolute atomic E-state index is 0.765. The Labute approximate surface area is 419 Å². The van der Waals surface area contributed by atoms with E-state index in [2.05, 4.69) is 105 Å². The van der Waals surface area contributed by atoms with E-state index in [9.17, 15) is 0 Å². The van der Waals surface area contributed by atoms with Gasteiger partial charge in [0.1, 0.15) is 15.7 Å². The highest BCUT2D eigenvalue weighted by Crippen LogP contribution is 2.57. The Kier molecular flexibility index (Phi) is 11.4. The molecule has 0 nitrogen and oxygen atoms in total. The first-order valence-electron chi connectivity index (χ1n) is 21.5. The Hall–Kier alpha value is -2.27. The molecule has 0 atom stereocenters. The molecule has 63 heavy (non-hydrogen) atoms. The first-order valence-corrected chi connectivity index (χ1v) is 25.0. The molecule has 2 aliphatic rings. The molecule has 7 aromatic rings. The van der Waals surface area contributed by atoms with Crippen LogP contribution in [0.4, 0.5) is 0 Å². The first-order chi connectivity index (χ1) is 29.5. The van der Waals surface area contributed by atoms with Crippen LogP contribution in [-0.2, 0) is 12.8 Å². The zero-order chi connectivity index (χ0) is 46.1. The van der Waals surface area contributed by atoms with Crippen molar-refractivity contribution < 1.29 is 0 Å². The Balaban J connectivity index is 1.45. The van der Waals surface area contributed by atoms with Crippen LogP contribution in [0, 0.1) is 62.3 Å². The summed E-state index contributed by atoms with van der Waals surface area (Å²) in [6, 6.07) is 2.50. The van der Waals surface area contributed by atoms with E-state index in [0.29, 0.717) is 0 Å². The van der Waals surface area contributed by atoms with Crippen molar-refractivity contribution in [2.24, 2.45) is 0 Å². The van der Waals surface area contributed by atoms with Crippen molar-refractivity contribution in [3.63, 3.8) is 0 Å². The molecule has 0 aliphatic heterocycles. The fourth-order valence-electron chi connectivity index (χ4n) is 11.7. The number of benzene rings is 7. The van der Waals surface area contributed by atoms with E-state index in [1.54, 1.807) is 0 Å². The molecule has 0 saturated carbocycles. The van der Waals surface area contributed by atoms with E-state index in [4.69, 9.17) is 101 Å². The molecule has 10 heteroatoms. The molecule has 0 saturated heterocycles. The fraction of sp³-hybridized carbons (Fsp3) is 0.264. The number of hydrogen-bond acceptors (Lipinski definition) is 8. The number of rotatable bonds is 3. The SMILES string of the molecule is Bc1c(S)c(C)c(C(=S)/C(C)=C(/C)C2=C(C)Cc3c(S)c(C)c(C)c4c5c6c(c(C)c(S)c(C)c6c2c34)Cc2c-5cc(C)c3c(C)c(C)c(S)c(B)c23)c2c(C)c(S)c(S)c(S)c12. The second-order valence-electron chi connectivity index (χ2n) is 18.6. The monoisotopic (exact) mass is 966 g/mol. The Morgan fingerprint density at radius 2 is 1.00 bits per heavy atom. The molecule has 0 aromatic heterocycles. The van der Waals surface area contributed by atoms with Gasteiger partial charge >= 0.3 is 0 Å². The largest absolute Gasteiger partial charge is 0.144 e. The minimum Gasteiger partial charge on any atom is -0.144 e. The van der Waals surface area contributed by atoms with Gasteiger partial charge < -0.3 is 0 Å². The van der Waals surface area contributed by atoms with Gasteiger partial charge in [0.15, 0.2) is 0 Å². The highest BCUT2D eigenvalue weighted by Gasteiger charge is 2.36. The molecule has 0 amide bonds. The van der Waals surface area contributed by atoms with E-state index in [0.717, 1.165) is 90.5 Å². The molecular formula is C53H52B2S8. The fourth-order valence-corrected chi connectivity index (χ4v) is 14.2. The van der Waals surface area contributed by atoms with Crippen LogP contribution in [0.5, 0.6) is 0 Å². The van der Waals surface area contributed by atoms with E-state index in [1.165, 1.54) is 127 Å². The van der Waals surface area contributed by atoms with Crippen molar-refractivity contribution in [3.05, 3.63) is 101 Å². The average Bonchev–Trinajstić information content (AvgIpc) is 3.25. The Morgan fingerprint density at radius 1 is 0.460 bits per heavy atom. The summed E-state index contributed by atoms with van der Waals surface area (Å²) in [4.78, 5) is 7.32. The van der Waals surface area contributed by atoms with Crippen LogP contribution >= 0.6 is 101 Å². The van der Waals surface area contributed by atoms with Crippen molar-refractivity contribution in [1.29, 1.82) is 0 Å². The zero-order valence-electron chi connectivity index (χ0n) is 38.5. The number of aryl methyl sites for hydroxylation is 5. The van der Waals surface area contributed by atoms with Crippen molar-refractivity contribution in [1.82, 2.24) is 0 Å². The van der Waals surface area contributed by atoms with E-state index < -0.39 is 0 Å². The molecule has 0 heterocycles. The number of allylic oxidation sites excluding steroid dienone is 4. The summed E-state index contributed by atoms with van der Waals surface area (Å²) in [5, 5.41) is 10.1. The van der Waals surface area contributed by atoms with Gasteiger partial charge in [-0.2, -0.15) is 0 Å². The zero-order valence-corrected chi connectivity index (χ0v) is 45.6. The van der Waals surface area contributed by atoms with Crippen LogP contribution in [-0.4, -0.2) is 20.6 Å². The van der Waals surface area contributed by atoms with Gasteiger partial charge in [-0.05, 0) is 239 Å². The highest BCUT2D eigenvalue weighted by molar-refractivity contribution is 7.85. The van der Waals surface area contributed by atoms with Crippen LogP contribution in [0.15, 0.2) is 57.1 Å². The van der Waals surface area contributed by atoms with Crippen LogP contribution in [0.1, 0.15) is 98.7 Å². The third kappa shape index (κ3) is 6.03. The van der Waals surface area contributed by atoms with Crippen LogP contribution in [0.2, 0.25) is 0 Å². The van der Waals surface area contributed by atoms with Crippen LogP contribution < -0.4 is 10.9 Å². The van der Waals surface area contributed by atoms with Crippen molar-refractivity contribution >= 4 is 181 Å². The lowest BCUT2D eigenvalue weighted by Crippen LogP contribution is -2.18. The lowest BCUT2D eigenvalue weighted by Gasteiger charge is -2.35. The van der Waals surface area contributed by atoms with Gasteiger partial charge in [0.05, 0.1) is 0 Å². The second-order valence-corrected chi connectivity index (χ2v) is 22.1. The smallest absolute Gasteiger partial charge is 0.141 e. The van der Waals surface area contributed by atoms with Gasteiger partial charge in [-0.15, -0.1) is 88.4 Å². The van der Waals surface area contributed by atoms with E-state index in [1.807, 2.05) is 0 Å². The molecule has 7 aromatic carbocycles. The van der Waals surface area contributed by atoms with Gasteiger partial charge in [0, 0.05) is 44.7 Å². The molecule has 0 N–H and O–H groups in total. The summed E-state index contributed by atoms with van der Waals surface area (Å²) in [5.74, 6) is 0. The quantitative estimate of drug-likeness (QED) is 0.0231. The molecule has 9 rings (SSSR count). The summed E-state index contributed by atoms with van der Waals surface area (Å²) < 4.78 is 0. The van der Waals surface area contributed by atoms with E-state index >= 15 is 0 Å². The molecule has 0 fully saturated rings. The third-order valence-electron chi connectivity index (χ3n) is 15.5. The molecular weight excluding hydrogens is 915 g/mol. The lowest BCUT2D eigenvalue weighted by atomic mass is 9.69. The predicted octanol–water partition coefficient (Wildman–Crippen LogP) is 13.3. The maximum atomic E-state index is 6.69. The standard InChI is InChI=1S/C53H52B2S8/c1-16-13-29-30(41-32(16)19(4)23(8)49(59)44(41)54)15-28-24(9)46(56)25(10)36-38(28)39(29)34-20(5)21(6)47(57)31-14-17(2)33(42(36)40(31)34)18(3)22(7)48(58)37-27(12)50(60)45(55)43-35(37)26(11)51(61)53(63)52(43)62/h13,56-57,59-63H,14-15,54-55H2,1-12H3/b22-18-. The van der Waals surface area contributed by atoms with Gasteiger partial charge in [0.2, 0.25) is 0 Å². The first kappa shape index (κ1) is 45.9. The van der Waals surface area contributed by atoms with Crippen LogP contribution in [0.3, 0.4) is 0 Å². The summed E-state index contributed by atoms with van der Waals surface area (Å²) in [6.07, 6.45) is 1.61. The minimum atomic E-state index is 0.765. The number of thiocarbonyl (C=S) groups is 1. The summed E-state index contributed by atoms with van der Waals surface area (Å²) in [7, 11) is 4.38. The topological polar surface area (TPSA) is 0 Å². The van der Waals surface area contributed by atoms with Gasteiger partial charge in [-0.3, -0.25) is 0 Å². The maximum Gasteiger partial charge on any atom is 0.141 e. The summed E-state index contributed by atoms with van der Waals surface area (Å²) in [5.41, 5.74) is 27.1. The second kappa shape index (κ2) is 15.7. The summed E-state index contributed by atoms with van der Waals surface area (Å²) in [6.45, 7) is 27.0. The number of hydrogen-bond donors (Lipinski definition) is 7. The predicted molar refractivity (Wildman–Crippen MR) is 307 cm³/mol. The van der Waals surface area contributed by atoms with Crippen LogP contribution in [0.25, 0.3) is 59.8 Å². The van der Waals surface area contributed by atoms with Gasteiger partial charge in [0.25, 0.3) is 0 Å². The van der Waals surface area contributed by atoms with Gasteiger partial charge in [-0.25, -0.2) is 0 Å². The molecule has 318 valence electrons. The highest BCUT2D eigenvalue weighted by atomic mass is 32.1. The average molecular weight is 967 g/mol. The van der Waals surface area contributed by atoms with Crippen molar-refractivity contribution in [2.75, 3.05) is 0 Å². The number of fused-ring (bicyclic) bond motifs is 7. The third-order valence-corrected chi connectivity index (χ3v) is 20.4. The Bertz CT molecular complexity index is 3490. The molecule has 0 unspecified atom stereocenters. The normalized spacial score (nSPS) is 13.9. The Morgan fingerprint density at radius 3 is 1.65 bits per heavy atom. The summed E-state index contributed by atoms with van der Waals surface area (Å²) >= 11 is 42.5.